The van der Waals surface area contributed by atoms with Gasteiger partial charge in [-0.2, -0.15) is 0 Å². The Hall–Kier alpha value is -4.14. The van der Waals surface area contributed by atoms with Gasteiger partial charge in [-0.3, -0.25) is 0 Å². The Labute approximate surface area is 245 Å². The van der Waals surface area contributed by atoms with Crippen LogP contribution in [-0.4, -0.2) is 48.5 Å². The van der Waals surface area contributed by atoms with Crippen molar-refractivity contribution >= 4 is 44.7 Å². The molecule has 2 bridgehead atoms. The Balaban J connectivity index is 1.49. The number of carbonyl (C=O) groups excluding carboxylic acids is 1. The first kappa shape index (κ1) is 28.0. The second kappa shape index (κ2) is 10.9. The van der Waals surface area contributed by atoms with Crippen molar-refractivity contribution in [2.75, 3.05) is 13.1 Å². The minimum absolute atomic E-state index is 0.291. The summed E-state index contributed by atoms with van der Waals surface area (Å²) in [4.78, 5) is 19.3. The summed E-state index contributed by atoms with van der Waals surface area (Å²) < 4.78 is 40.6. The molecule has 0 saturated carbocycles. The summed E-state index contributed by atoms with van der Waals surface area (Å²) in [6.07, 6.45) is 5.32. The van der Waals surface area contributed by atoms with E-state index >= 15 is 0 Å². The SMILES string of the molecule is CC=CP(OS(=O)(=O)ON1C(=O)N2CC(c3ccccn3)=CC1C2)(c1ccccc1)(c1ccccc1)c1ccccc1. The maximum atomic E-state index is 14.2. The molecule has 1 fully saturated rings. The zero-order valence-electron chi connectivity index (χ0n) is 22.9. The average Bonchev–Trinajstić information content (AvgIpc) is 3.24. The van der Waals surface area contributed by atoms with E-state index in [-0.39, 0.29) is 0 Å². The fourth-order valence-corrected chi connectivity index (χ4v) is 13.3. The van der Waals surface area contributed by atoms with Crippen molar-refractivity contribution in [3.63, 3.8) is 0 Å². The second-order valence-electron chi connectivity index (χ2n) is 10.1. The molecule has 0 spiro atoms. The van der Waals surface area contributed by atoms with Crippen molar-refractivity contribution in [2.24, 2.45) is 0 Å². The summed E-state index contributed by atoms with van der Waals surface area (Å²) in [5.41, 5.74) is 1.53. The number of nitrogens with zero attached hydrogens (tertiary/aromatic N) is 3. The summed E-state index contributed by atoms with van der Waals surface area (Å²) in [6, 6.07) is 32.3. The molecule has 1 saturated heterocycles. The van der Waals surface area contributed by atoms with Crippen molar-refractivity contribution < 1.29 is 21.5 Å². The van der Waals surface area contributed by atoms with Gasteiger partial charge in [-0.1, -0.05) is 0 Å². The number of rotatable bonds is 9. The third-order valence-electron chi connectivity index (χ3n) is 7.57. The molecule has 2 amide bonds. The zero-order valence-corrected chi connectivity index (χ0v) is 24.6. The van der Waals surface area contributed by atoms with Crippen LogP contribution in [0.4, 0.5) is 4.79 Å². The molecule has 6 rings (SSSR count). The number of carbonyl (C=O) groups is 1. The first-order valence-corrected chi connectivity index (χ1v) is 17.1. The second-order valence-corrected chi connectivity index (χ2v) is 15.7. The minimum atomic E-state index is -4.86. The predicted octanol–water partition coefficient (Wildman–Crippen LogP) is 4.76. The molecule has 0 N–H and O–H groups in total. The van der Waals surface area contributed by atoms with Crippen molar-refractivity contribution in [3.05, 3.63) is 139 Å². The Kier molecular flexibility index (Phi) is 7.29. The van der Waals surface area contributed by atoms with Crippen LogP contribution < -0.4 is 15.9 Å². The molecule has 0 aliphatic carbocycles. The summed E-state index contributed by atoms with van der Waals surface area (Å²) >= 11 is 0. The number of hydroxylamine groups is 2. The third kappa shape index (κ3) is 4.64. The number of amides is 2. The molecule has 42 heavy (non-hydrogen) atoms. The van der Waals surface area contributed by atoms with Crippen LogP contribution >= 0.6 is 6.83 Å². The molecule has 3 heterocycles. The quantitative estimate of drug-likeness (QED) is 0.258. The van der Waals surface area contributed by atoms with Gasteiger partial charge in [-0.05, 0) is 0 Å². The molecule has 0 radical (unpaired) electrons. The summed E-state index contributed by atoms with van der Waals surface area (Å²) in [5, 5.41) is 2.89. The van der Waals surface area contributed by atoms with E-state index in [1.807, 2.05) is 134 Å². The van der Waals surface area contributed by atoms with Crippen molar-refractivity contribution in [2.45, 2.75) is 13.0 Å². The van der Waals surface area contributed by atoms with Crippen molar-refractivity contribution in [3.8, 4) is 0 Å². The molecule has 214 valence electrons. The summed E-state index contributed by atoms with van der Waals surface area (Å²) in [6.45, 7) is -1.99. The van der Waals surface area contributed by atoms with Crippen molar-refractivity contribution in [1.29, 1.82) is 0 Å². The number of allylic oxidation sites excluding steroid dienone is 1. The van der Waals surface area contributed by atoms with E-state index in [1.54, 1.807) is 11.1 Å². The van der Waals surface area contributed by atoms with E-state index in [2.05, 4.69) is 4.98 Å². The van der Waals surface area contributed by atoms with Crippen LogP contribution in [0.1, 0.15) is 12.6 Å². The first-order valence-electron chi connectivity index (χ1n) is 13.5. The molecule has 8 nitrogen and oxygen atoms in total. The molecule has 2 aliphatic heterocycles. The monoisotopic (exact) mass is 599 g/mol. The van der Waals surface area contributed by atoms with Gasteiger partial charge < -0.3 is 0 Å². The number of hydrogen-bond donors (Lipinski definition) is 0. The molecule has 10 heteroatoms. The van der Waals surface area contributed by atoms with E-state index in [0.29, 0.717) is 29.0 Å². The van der Waals surface area contributed by atoms with Gasteiger partial charge in [0.25, 0.3) is 0 Å². The standard InChI is InChI=1S/C32H30N3O5PS/c1-2-22-41(28-14-6-3-7-15-28,29-16-8-4-9-17-29,30-18-10-5-11-19-30)40-42(37,38)39-35-27-23-26(24-34(25-27)32(35)36)31-20-12-13-21-33-31/h2-23,27H,24-25H2,1H3. The number of pyridine rings is 1. The zero-order chi connectivity index (χ0) is 29.2. The summed E-state index contributed by atoms with van der Waals surface area (Å²) in [7, 11) is -4.86. The van der Waals surface area contributed by atoms with Crippen LogP contribution in [0.2, 0.25) is 0 Å². The topological polar surface area (TPSA) is 89.0 Å². The van der Waals surface area contributed by atoms with E-state index in [9.17, 15) is 13.2 Å². The number of fused-ring (bicyclic) bond motifs is 2. The van der Waals surface area contributed by atoms with E-state index in [4.69, 9.17) is 8.25 Å². The van der Waals surface area contributed by atoms with Gasteiger partial charge in [0, 0.05) is 0 Å². The van der Waals surface area contributed by atoms with Gasteiger partial charge in [-0.25, -0.2) is 0 Å². The molecule has 1 atom stereocenters. The third-order valence-corrected chi connectivity index (χ3v) is 14.7. The van der Waals surface area contributed by atoms with Crippen LogP contribution in [0.5, 0.6) is 0 Å². The first-order chi connectivity index (χ1) is 20.4. The van der Waals surface area contributed by atoms with E-state index in [1.165, 1.54) is 0 Å². The Morgan fingerprint density at radius 3 is 1.88 bits per heavy atom. The van der Waals surface area contributed by atoms with Crippen LogP contribution in [0.15, 0.2) is 133 Å². The average molecular weight is 600 g/mol. The Morgan fingerprint density at radius 2 is 1.38 bits per heavy atom. The van der Waals surface area contributed by atoms with Crippen LogP contribution in [0.3, 0.4) is 0 Å². The van der Waals surface area contributed by atoms with Gasteiger partial charge >= 0.3 is 246 Å². The molecular weight excluding hydrogens is 569 g/mol. The molecule has 1 unspecified atom stereocenters. The van der Waals surface area contributed by atoms with Gasteiger partial charge in [0.15, 0.2) is 0 Å². The van der Waals surface area contributed by atoms with Crippen LogP contribution in [0.25, 0.3) is 5.57 Å². The molecular formula is C32H30N3O5PS. The number of urea groups is 1. The fraction of sp³-hybridized carbons (Fsp3) is 0.125. The van der Waals surface area contributed by atoms with E-state index < -0.39 is 29.3 Å². The van der Waals surface area contributed by atoms with Crippen molar-refractivity contribution in [1.82, 2.24) is 14.9 Å². The van der Waals surface area contributed by atoms with Gasteiger partial charge in [0.1, 0.15) is 0 Å². The maximum absolute atomic E-state index is 14.2. The Morgan fingerprint density at radius 1 is 0.833 bits per heavy atom. The van der Waals surface area contributed by atoms with E-state index in [0.717, 1.165) is 16.3 Å². The predicted molar refractivity (Wildman–Crippen MR) is 166 cm³/mol. The van der Waals surface area contributed by atoms with Gasteiger partial charge in [0.2, 0.25) is 0 Å². The van der Waals surface area contributed by atoms with Gasteiger partial charge in [-0.15, -0.1) is 0 Å². The molecule has 3 aromatic carbocycles. The normalized spacial score (nSPS) is 18.1. The van der Waals surface area contributed by atoms with Crippen LogP contribution in [0, 0.1) is 0 Å². The number of aromatic nitrogens is 1. The number of hydrogen-bond acceptors (Lipinski definition) is 6. The molecule has 4 aromatic rings. The Bertz CT molecular complexity index is 1650. The molecule has 2 aliphatic rings. The summed E-state index contributed by atoms with van der Waals surface area (Å²) in [5.74, 6) is 1.85. The van der Waals surface area contributed by atoms with Gasteiger partial charge in [0.05, 0.1) is 0 Å². The number of benzene rings is 3. The molecule has 1 aromatic heterocycles. The van der Waals surface area contributed by atoms with Crippen LogP contribution in [-0.2, 0) is 18.7 Å². The fourth-order valence-electron chi connectivity index (χ4n) is 5.83.